The first kappa shape index (κ1) is 12.1. The summed E-state index contributed by atoms with van der Waals surface area (Å²) in [6.45, 7) is 4.09. The van der Waals surface area contributed by atoms with Gasteiger partial charge in [0.05, 0.1) is 5.52 Å². The maximum Gasteiger partial charge on any atom is 0.160 e. The number of halogens is 1. The normalized spacial score (nSPS) is 10.9. The standard InChI is InChI=1S/C16H13ClN2/c1-10-3-8-15-14(9-10)11(2)18-16(19-15)12-4-6-13(17)7-5-12/h3-9H,1-2H3. The Morgan fingerprint density at radius 1 is 0.895 bits per heavy atom. The van der Waals surface area contributed by atoms with Gasteiger partial charge in [0.15, 0.2) is 5.82 Å². The molecule has 0 aliphatic rings. The van der Waals surface area contributed by atoms with Crippen molar-refractivity contribution in [2.45, 2.75) is 13.8 Å². The zero-order chi connectivity index (χ0) is 13.4. The highest BCUT2D eigenvalue weighted by atomic mass is 35.5. The third-order valence-electron chi connectivity index (χ3n) is 3.14. The van der Waals surface area contributed by atoms with E-state index in [0.29, 0.717) is 0 Å². The summed E-state index contributed by atoms with van der Waals surface area (Å²) in [5.41, 5.74) is 4.18. The fourth-order valence-electron chi connectivity index (χ4n) is 2.12. The molecule has 3 heteroatoms. The molecule has 1 aromatic heterocycles. The average Bonchev–Trinajstić information content (AvgIpc) is 2.40. The first-order chi connectivity index (χ1) is 9.13. The Hall–Kier alpha value is -1.93. The van der Waals surface area contributed by atoms with Gasteiger partial charge in [0.25, 0.3) is 0 Å². The Morgan fingerprint density at radius 3 is 2.37 bits per heavy atom. The van der Waals surface area contributed by atoms with Crippen LogP contribution in [-0.2, 0) is 0 Å². The molecule has 0 saturated carbocycles. The largest absolute Gasteiger partial charge is 0.233 e. The molecule has 0 radical (unpaired) electrons. The number of hydrogen-bond donors (Lipinski definition) is 0. The minimum Gasteiger partial charge on any atom is -0.233 e. The van der Waals surface area contributed by atoms with Gasteiger partial charge < -0.3 is 0 Å². The van der Waals surface area contributed by atoms with Gasteiger partial charge in [-0.25, -0.2) is 9.97 Å². The van der Waals surface area contributed by atoms with Gasteiger partial charge >= 0.3 is 0 Å². The first-order valence-corrected chi connectivity index (χ1v) is 6.52. The molecule has 0 atom stereocenters. The Bertz CT molecular complexity index is 749. The van der Waals surface area contributed by atoms with Gasteiger partial charge in [-0.3, -0.25) is 0 Å². The van der Waals surface area contributed by atoms with Crippen LogP contribution in [0.15, 0.2) is 42.5 Å². The van der Waals surface area contributed by atoms with Gasteiger partial charge in [-0.15, -0.1) is 0 Å². The highest BCUT2D eigenvalue weighted by molar-refractivity contribution is 6.30. The lowest BCUT2D eigenvalue weighted by molar-refractivity contribution is 1.16. The number of rotatable bonds is 1. The summed E-state index contributed by atoms with van der Waals surface area (Å²) < 4.78 is 0. The van der Waals surface area contributed by atoms with Crippen molar-refractivity contribution in [3.05, 3.63) is 58.7 Å². The lowest BCUT2D eigenvalue weighted by Gasteiger charge is -2.06. The lowest BCUT2D eigenvalue weighted by Crippen LogP contribution is -1.94. The number of fused-ring (bicyclic) bond motifs is 1. The number of aromatic nitrogens is 2. The van der Waals surface area contributed by atoms with Crippen LogP contribution in [0.5, 0.6) is 0 Å². The van der Waals surface area contributed by atoms with Gasteiger partial charge in [-0.2, -0.15) is 0 Å². The number of benzene rings is 2. The number of nitrogens with zero attached hydrogens (tertiary/aromatic N) is 2. The molecule has 0 bridgehead atoms. The summed E-state index contributed by atoms with van der Waals surface area (Å²) in [6.07, 6.45) is 0. The molecule has 3 rings (SSSR count). The molecule has 1 heterocycles. The third-order valence-corrected chi connectivity index (χ3v) is 3.40. The van der Waals surface area contributed by atoms with Crippen molar-refractivity contribution < 1.29 is 0 Å². The summed E-state index contributed by atoms with van der Waals surface area (Å²) in [6, 6.07) is 13.8. The predicted octanol–water partition coefficient (Wildman–Crippen LogP) is 4.57. The van der Waals surface area contributed by atoms with Gasteiger partial charge in [-0.1, -0.05) is 23.2 Å². The fourth-order valence-corrected chi connectivity index (χ4v) is 2.25. The Kier molecular flexibility index (Phi) is 2.96. The van der Waals surface area contributed by atoms with E-state index in [-0.39, 0.29) is 0 Å². The van der Waals surface area contributed by atoms with E-state index in [0.717, 1.165) is 33.0 Å². The van der Waals surface area contributed by atoms with Crippen molar-refractivity contribution in [1.82, 2.24) is 9.97 Å². The highest BCUT2D eigenvalue weighted by Gasteiger charge is 2.06. The molecule has 0 aliphatic heterocycles. The quantitative estimate of drug-likeness (QED) is 0.646. The molecule has 19 heavy (non-hydrogen) atoms. The molecule has 0 unspecified atom stereocenters. The minimum absolute atomic E-state index is 0.719. The monoisotopic (exact) mass is 268 g/mol. The first-order valence-electron chi connectivity index (χ1n) is 6.14. The van der Waals surface area contributed by atoms with Crippen LogP contribution in [0.25, 0.3) is 22.3 Å². The third kappa shape index (κ3) is 2.32. The average molecular weight is 269 g/mol. The zero-order valence-electron chi connectivity index (χ0n) is 10.8. The van der Waals surface area contributed by atoms with Crippen molar-refractivity contribution in [1.29, 1.82) is 0 Å². The maximum atomic E-state index is 5.90. The summed E-state index contributed by atoms with van der Waals surface area (Å²) in [5, 5.41) is 1.83. The van der Waals surface area contributed by atoms with Crippen LogP contribution >= 0.6 is 11.6 Å². The van der Waals surface area contributed by atoms with E-state index in [1.165, 1.54) is 5.56 Å². The second kappa shape index (κ2) is 4.63. The van der Waals surface area contributed by atoms with E-state index >= 15 is 0 Å². The second-order valence-electron chi connectivity index (χ2n) is 4.66. The fraction of sp³-hybridized carbons (Fsp3) is 0.125. The highest BCUT2D eigenvalue weighted by Crippen LogP contribution is 2.23. The van der Waals surface area contributed by atoms with Crippen molar-refractivity contribution in [2.24, 2.45) is 0 Å². The molecule has 0 N–H and O–H groups in total. The van der Waals surface area contributed by atoms with Crippen LogP contribution < -0.4 is 0 Å². The van der Waals surface area contributed by atoms with Crippen LogP contribution in [0.1, 0.15) is 11.3 Å². The molecule has 2 nitrogen and oxygen atoms in total. The minimum atomic E-state index is 0.719. The number of aryl methyl sites for hydroxylation is 2. The van der Waals surface area contributed by atoms with Crippen LogP contribution in [-0.4, -0.2) is 9.97 Å². The van der Waals surface area contributed by atoms with Crippen molar-refractivity contribution in [3.8, 4) is 11.4 Å². The van der Waals surface area contributed by atoms with Crippen LogP contribution in [0.4, 0.5) is 0 Å². The molecule has 0 spiro atoms. The summed E-state index contributed by atoms with van der Waals surface area (Å²) >= 11 is 5.90. The summed E-state index contributed by atoms with van der Waals surface area (Å²) in [7, 11) is 0. The smallest absolute Gasteiger partial charge is 0.160 e. The molecule has 0 saturated heterocycles. The molecule has 94 valence electrons. The molecule has 3 aromatic rings. The molecular weight excluding hydrogens is 256 g/mol. The van der Waals surface area contributed by atoms with Gasteiger partial charge in [0.2, 0.25) is 0 Å². The lowest BCUT2D eigenvalue weighted by atomic mass is 10.1. The Labute approximate surface area is 117 Å². The van der Waals surface area contributed by atoms with E-state index in [1.807, 2.05) is 37.3 Å². The molecule has 0 aliphatic carbocycles. The van der Waals surface area contributed by atoms with E-state index in [9.17, 15) is 0 Å². The SMILES string of the molecule is Cc1ccc2nc(-c3ccc(Cl)cc3)nc(C)c2c1. The zero-order valence-corrected chi connectivity index (χ0v) is 11.6. The molecule has 2 aromatic carbocycles. The van der Waals surface area contributed by atoms with E-state index < -0.39 is 0 Å². The maximum absolute atomic E-state index is 5.90. The Morgan fingerprint density at radius 2 is 1.63 bits per heavy atom. The summed E-state index contributed by atoms with van der Waals surface area (Å²) in [5.74, 6) is 0.741. The van der Waals surface area contributed by atoms with Crippen molar-refractivity contribution >= 4 is 22.5 Å². The van der Waals surface area contributed by atoms with Crippen molar-refractivity contribution in [3.63, 3.8) is 0 Å². The van der Waals surface area contributed by atoms with Gasteiger partial charge in [0, 0.05) is 21.7 Å². The Balaban J connectivity index is 2.20. The molecule has 0 fully saturated rings. The molecular formula is C16H13ClN2. The van der Waals surface area contributed by atoms with Crippen LogP contribution in [0.3, 0.4) is 0 Å². The van der Waals surface area contributed by atoms with Crippen LogP contribution in [0, 0.1) is 13.8 Å². The second-order valence-corrected chi connectivity index (χ2v) is 5.10. The van der Waals surface area contributed by atoms with Gasteiger partial charge in [-0.05, 0) is 50.2 Å². The van der Waals surface area contributed by atoms with E-state index in [4.69, 9.17) is 11.6 Å². The van der Waals surface area contributed by atoms with Crippen molar-refractivity contribution in [2.75, 3.05) is 0 Å². The molecule has 0 amide bonds. The van der Waals surface area contributed by atoms with Crippen LogP contribution in [0.2, 0.25) is 5.02 Å². The summed E-state index contributed by atoms with van der Waals surface area (Å²) in [4.78, 5) is 9.21. The predicted molar refractivity (Wildman–Crippen MR) is 79.5 cm³/mol. The topological polar surface area (TPSA) is 25.8 Å². The number of hydrogen-bond acceptors (Lipinski definition) is 2. The van der Waals surface area contributed by atoms with E-state index in [1.54, 1.807) is 0 Å². The van der Waals surface area contributed by atoms with E-state index in [2.05, 4.69) is 29.0 Å². The van der Waals surface area contributed by atoms with Gasteiger partial charge in [0.1, 0.15) is 0 Å².